The van der Waals surface area contributed by atoms with Gasteiger partial charge < -0.3 is 19.2 Å². The summed E-state index contributed by atoms with van der Waals surface area (Å²) in [5.74, 6) is 0.730. The van der Waals surface area contributed by atoms with Gasteiger partial charge >= 0.3 is 5.97 Å². The van der Waals surface area contributed by atoms with Crippen LogP contribution in [0.1, 0.15) is 52.4 Å². The van der Waals surface area contributed by atoms with Gasteiger partial charge in [0.1, 0.15) is 11.5 Å². The summed E-state index contributed by atoms with van der Waals surface area (Å²) in [5.41, 5.74) is 4.28. The summed E-state index contributed by atoms with van der Waals surface area (Å²) in [5, 5.41) is 0. The number of carbonyl (C=O) groups is 2. The lowest BCUT2D eigenvalue weighted by Crippen LogP contribution is -2.39. The van der Waals surface area contributed by atoms with E-state index in [1.807, 2.05) is 17.3 Å². The van der Waals surface area contributed by atoms with Crippen LogP contribution in [0.15, 0.2) is 12.4 Å². The summed E-state index contributed by atoms with van der Waals surface area (Å²) in [6, 6.07) is 0. The summed E-state index contributed by atoms with van der Waals surface area (Å²) in [6.45, 7) is 1.87. The zero-order chi connectivity index (χ0) is 18.1. The van der Waals surface area contributed by atoms with Crippen LogP contribution < -0.4 is 0 Å². The van der Waals surface area contributed by atoms with Crippen molar-refractivity contribution in [3.05, 3.63) is 40.7 Å². The lowest BCUT2D eigenvalue weighted by atomic mass is 9.93. The number of aryl methyl sites for hydroxylation is 2. The van der Waals surface area contributed by atoms with Crippen LogP contribution in [0.3, 0.4) is 0 Å². The molecule has 1 N–H and O–H groups in total. The number of hydrogen-bond acceptors (Lipinski definition) is 4. The molecule has 0 atom stereocenters. The molecule has 0 radical (unpaired) electrons. The van der Waals surface area contributed by atoms with E-state index in [0.29, 0.717) is 32.5 Å². The molecule has 0 saturated carbocycles. The molecule has 4 rings (SSSR count). The van der Waals surface area contributed by atoms with E-state index in [-0.39, 0.29) is 11.9 Å². The van der Waals surface area contributed by atoms with Crippen molar-refractivity contribution in [1.82, 2.24) is 19.4 Å². The maximum Gasteiger partial charge on any atom is 0.305 e. The van der Waals surface area contributed by atoms with Crippen LogP contribution in [-0.4, -0.2) is 45.0 Å². The van der Waals surface area contributed by atoms with E-state index in [1.165, 1.54) is 24.7 Å². The van der Waals surface area contributed by atoms with Crippen LogP contribution in [0.25, 0.3) is 0 Å². The van der Waals surface area contributed by atoms with Crippen LogP contribution in [0, 0.1) is 0 Å². The Balaban J connectivity index is 1.47. The Hall–Kier alpha value is -2.57. The van der Waals surface area contributed by atoms with E-state index >= 15 is 0 Å². The summed E-state index contributed by atoms with van der Waals surface area (Å²) in [4.78, 5) is 33.9. The number of ether oxygens (including phenoxy) is 1. The highest BCUT2D eigenvalue weighted by Crippen LogP contribution is 2.26. The molecule has 7 nitrogen and oxygen atoms in total. The number of carbonyl (C=O) groups excluding carboxylic acids is 2. The first-order valence-electron chi connectivity index (χ1n) is 9.26. The van der Waals surface area contributed by atoms with Gasteiger partial charge in [-0.25, -0.2) is 4.98 Å². The van der Waals surface area contributed by atoms with Gasteiger partial charge in [0.15, 0.2) is 0 Å². The molecule has 0 spiro atoms. The van der Waals surface area contributed by atoms with Crippen molar-refractivity contribution in [3.8, 4) is 0 Å². The minimum atomic E-state index is -0.218. The SMILES string of the molecule is COC(=O)CCc1cnc2n1CCN(C(=O)c1[nH]cc3c1CCCC3)C2. The molecule has 7 heteroatoms. The molecular weight excluding hydrogens is 332 g/mol. The van der Waals surface area contributed by atoms with Gasteiger partial charge in [0.05, 0.1) is 20.1 Å². The number of aromatic amines is 1. The molecule has 2 aromatic heterocycles. The summed E-state index contributed by atoms with van der Waals surface area (Å²) >= 11 is 0. The lowest BCUT2D eigenvalue weighted by Gasteiger charge is -2.29. The van der Waals surface area contributed by atoms with E-state index in [4.69, 9.17) is 4.74 Å². The molecule has 0 saturated heterocycles. The van der Waals surface area contributed by atoms with Crippen molar-refractivity contribution < 1.29 is 14.3 Å². The van der Waals surface area contributed by atoms with Crippen molar-refractivity contribution >= 4 is 11.9 Å². The second-order valence-corrected chi connectivity index (χ2v) is 6.99. The summed E-state index contributed by atoms with van der Waals surface area (Å²) in [6.07, 6.45) is 9.16. The monoisotopic (exact) mass is 356 g/mol. The Bertz CT molecular complexity index is 836. The number of hydrogen-bond donors (Lipinski definition) is 1. The molecule has 0 bridgehead atoms. The lowest BCUT2D eigenvalue weighted by molar-refractivity contribution is -0.140. The Labute approximate surface area is 152 Å². The highest BCUT2D eigenvalue weighted by Gasteiger charge is 2.28. The largest absolute Gasteiger partial charge is 0.469 e. The fourth-order valence-corrected chi connectivity index (χ4v) is 4.00. The van der Waals surface area contributed by atoms with Gasteiger partial charge in [-0.3, -0.25) is 9.59 Å². The third-order valence-electron chi connectivity index (χ3n) is 5.46. The predicted molar refractivity (Wildman–Crippen MR) is 94.7 cm³/mol. The fourth-order valence-electron chi connectivity index (χ4n) is 4.00. The standard InChI is InChI=1S/C19H24N4O3/c1-26-17(24)7-6-14-11-20-16-12-22(8-9-23(14)16)19(25)18-15-5-3-2-4-13(15)10-21-18/h10-11,21H,2-9,12H2,1H3. The first kappa shape index (κ1) is 16.9. The zero-order valence-electron chi connectivity index (χ0n) is 15.1. The number of amides is 1. The first-order valence-corrected chi connectivity index (χ1v) is 9.26. The number of nitrogens with zero attached hydrogens (tertiary/aromatic N) is 3. The highest BCUT2D eigenvalue weighted by molar-refractivity contribution is 5.94. The van der Waals surface area contributed by atoms with Crippen LogP contribution in [0.5, 0.6) is 0 Å². The number of rotatable bonds is 4. The third kappa shape index (κ3) is 3.02. The fraction of sp³-hybridized carbons (Fsp3) is 0.526. The Morgan fingerprint density at radius 1 is 1.27 bits per heavy atom. The second-order valence-electron chi connectivity index (χ2n) is 6.99. The van der Waals surface area contributed by atoms with Gasteiger partial charge in [0.2, 0.25) is 0 Å². The van der Waals surface area contributed by atoms with Crippen molar-refractivity contribution in [2.45, 2.75) is 51.6 Å². The Morgan fingerprint density at radius 2 is 2.12 bits per heavy atom. The van der Waals surface area contributed by atoms with Gasteiger partial charge in [-0.05, 0) is 43.2 Å². The van der Waals surface area contributed by atoms with Crippen molar-refractivity contribution in [2.75, 3.05) is 13.7 Å². The molecular formula is C19H24N4O3. The average molecular weight is 356 g/mol. The third-order valence-corrected chi connectivity index (χ3v) is 5.46. The maximum atomic E-state index is 13.0. The molecule has 0 unspecified atom stereocenters. The normalized spacial score (nSPS) is 16.1. The predicted octanol–water partition coefficient (Wildman–Crippen LogP) is 1.85. The molecule has 1 amide bonds. The summed E-state index contributed by atoms with van der Waals surface area (Å²) < 4.78 is 6.82. The minimum absolute atomic E-state index is 0.0681. The number of aromatic nitrogens is 3. The van der Waals surface area contributed by atoms with E-state index in [1.54, 1.807) is 0 Å². The molecule has 138 valence electrons. The quantitative estimate of drug-likeness (QED) is 0.848. The molecule has 0 aromatic carbocycles. The number of imidazole rings is 1. The van der Waals surface area contributed by atoms with Gasteiger partial charge in [0, 0.05) is 31.2 Å². The second kappa shape index (κ2) is 6.97. The van der Waals surface area contributed by atoms with E-state index in [2.05, 4.69) is 14.5 Å². The topological polar surface area (TPSA) is 80.2 Å². The number of nitrogens with one attached hydrogen (secondary N) is 1. The van der Waals surface area contributed by atoms with Gasteiger partial charge in [-0.2, -0.15) is 0 Å². The van der Waals surface area contributed by atoms with E-state index in [0.717, 1.165) is 36.5 Å². The smallest absolute Gasteiger partial charge is 0.305 e. The molecule has 0 fully saturated rings. The Morgan fingerprint density at radius 3 is 2.96 bits per heavy atom. The maximum absolute atomic E-state index is 13.0. The van der Waals surface area contributed by atoms with Gasteiger partial charge in [-0.1, -0.05) is 0 Å². The zero-order valence-corrected chi connectivity index (χ0v) is 15.1. The number of H-pyrrole nitrogens is 1. The molecule has 2 aliphatic rings. The van der Waals surface area contributed by atoms with Crippen LogP contribution >= 0.6 is 0 Å². The minimum Gasteiger partial charge on any atom is -0.469 e. The van der Waals surface area contributed by atoms with Crippen LogP contribution in [0.4, 0.5) is 0 Å². The molecule has 1 aliphatic carbocycles. The van der Waals surface area contributed by atoms with Crippen molar-refractivity contribution in [2.24, 2.45) is 0 Å². The molecule has 26 heavy (non-hydrogen) atoms. The number of esters is 1. The highest BCUT2D eigenvalue weighted by atomic mass is 16.5. The number of methoxy groups -OCH3 is 1. The molecule has 3 heterocycles. The van der Waals surface area contributed by atoms with Crippen LogP contribution in [-0.2, 0) is 41.9 Å². The van der Waals surface area contributed by atoms with E-state index < -0.39 is 0 Å². The van der Waals surface area contributed by atoms with E-state index in [9.17, 15) is 9.59 Å². The van der Waals surface area contributed by atoms with Gasteiger partial charge in [-0.15, -0.1) is 0 Å². The van der Waals surface area contributed by atoms with Crippen molar-refractivity contribution in [3.63, 3.8) is 0 Å². The molecule has 2 aromatic rings. The average Bonchev–Trinajstić information content (AvgIpc) is 3.29. The number of fused-ring (bicyclic) bond motifs is 2. The summed E-state index contributed by atoms with van der Waals surface area (Å²) in [7, 11) is 1.40. The van der Waals surface area contributed by atoms with Crippen molar-refractivity contribution in [1.29, 1.82) is 0 Å². The van der Waals surface area contributed by atoms with Gasteiger partial charge in [0.25, 0.3) is 5.91 Å². The first-order chi connectivity index (χ1) is 12.7. The van der Waals surface area contributed by atoms with Crippen LogP contribution in [0.2, 0.25) is 0 Å². The molecule has 1 aliphatic heterocycles. The Kier molecular flexibility index (Phi) is 4.53.